The molecule has 3 aromatic heterocycles. The molecule has 1 fully saturated rings. The number of piperidine rings is 1. The molecule has 0 bridgehead atoms. The summed E-state index contributed by atoms with van der Waals surface area (Å²) in [7, 11) is 0. The van der Waals surface area contributed by atoms with Crippen molar-refractivity contribution in [1.29, 1.82) is 0 Å². The largest absolute Gasteiger partial charge is 0.465 e. The van der Waals surface area contributed by atoms with Gasteiger partial charge in [0.15, 0.2) is 0 Å². The molecular formula is C24H22FN5O2. The minimum Gasteiger partial charge on any atom is -0.465 e. The first kappa shape index (κ1) is 20.0. The van der Waals surface area contributed by atoms with Crippen LogP contribution >= 0.6 is 0 Å². The van der Waals surface area contributed by atoms with Crippen molar-refractivity contribution in [2.75, 3.05) is 18.0 Å². The molecular weight excluding hydrogens is 409 g/mol. The number of halogens is 1. The summed E-state index contributed by atoms with van der Waals surface area (Å²) in [6.45, 7) is 1.50. The molecule has 0 atom stereocenters. The number of amides is 1. The first-order valence-electron chi connectivity index (χ1n) is 10.5. The maximum Gasteiger partial charge on any atom is 0.404 e. The van der Waals surface area contributed by atoms with Crippen LogP contribution in [-0.4, -0.2) is 45.3 Å². The van der Waals surface area contributed by atoms with E-state index in [1.165, 1.54) is 6.07 Å². The molecule has 5 rings (SSSR count). The fourth-order valence-corrected chi connectivity index (χ4v) is 4.24. The van der Waals surface area contributed by atoms with Crippen molar-refractivity contribution in [2.45, 2.75) is 18.9 Å². The number of benzene rings is 1. The van der Waals surface area contributed by atoms with Gasteiger partial charge in [0.2, 0.25) is 0 Å². The quantitative estimate of drug-likeness (QED) is 0.437. The van der Waals surface area contributed by atoms with E-state index in [-0.39, 0.29) is 11.9 Å². The van der Waals surface area contributed by atoms with Crippen molar-refractivity contribution in [3.8, 4) is 22.4 Å². The number of rotatable bonds is 4. The number of H-pyrrole nitrogens is 1. The zero-order valence-corrected chi connectivity index (χ0v) is 17.3. The molecule has 7 nitrogen and oxygen atoms in total. The molecule has 4 heterocycles. The Hall–Kier alpha value is -3.94. The van der Waals surface area contributed by atoms with E-state index in [9.17, 15) is 9.18 Å². The summed E-state index contributed by atoms with van der Waals surface area (Å²) < 4.78 is 14.3. The van der Waals surface area contributed by atoms with Crippen molar-refractivity contribution < 1.29 is 14.3 Å². The Kier molecular flexibility index (Phi) is 5.18. The molecule has 0 spiro atoms. The first-order valence-corrected chi connectivity index (χ1v) is 10.5. The predicted octanol–water partition coefficient (Wildman–Crippen LogP) is 4.67. The second-order valence-corrected chi connectivity index (χ2v) is 7.92. The Labute approximate surface area is 183 Å². The summed E-state index contributed by atoms with van der Waals surface area (Å²) in [6.07, 6.45) is 6.03. The maximum absolute atomic E-state index is 14.3. The summed E-state index contributed by atoms with van der Waals surface area (Å²) in [5.74, 6) is -0.305. The van der Waals surface area contributed by atoms with Gasteiger partial charge in [0.25, 0.3) is 0 Å². The number of nitrogens with zero attached hydrogens (tertiary/aromatic N) is 3. The number of anilines is 1. The fourth-order valence-electron chi connectivity index (χ4n) is 4.24. The van der Waals surface area contributed by atoms with Gasteiger partial charge in [-0.1, -0.05) is 12.1 Å². The van der Waals surface area contributed by atoms with Gasteiger partial charge in [-0.05, 0) is 43.2 Å². The Bertz CT molecular complexity index is 1280. The summed E-state index contributed by atoms with van der Waals surface area (Å²) in [6, 6.07) is 12.4. The first-order chi connectivity index (χ1) is 15.6. The maximum atomic E-state index is 14.3. The van der Waals surface area contributed by atoms with Crippen molar-refractivity contribution in [3.05, 3.63) is 66.9 Å². The molecule has 1 amide bonds. The van der Waals surface area contributed by atoms with Crippen molar-refractivity contribution in [2.24, 2.45) is 0 Å². The van der Waals surface area contributed by atoms with Gasteiger partial charge in [-0.15, -0.1) is 0 Å². The van der Waals surface area contributed by atoms with Gasteiger partial charge in [-0.25, -0.2) is 14.2 Å². The van der Waals surface area contributed by atoms with E-state index < -0.39 is 6.09 Å². The molecule has 0 saturated carbocycles. The third-order valence-electron chi connectivity index (χ3n) is 5.89. The van der Waals surface area contributed by atoms with Crippen LogP contribution in [0.2, 0.25) is 0 Å². The van der Waals surface area contributed by atoms with Crippen LogP contribution < -0.4 is 10.2 Å². The van der Waals surface area contributed by atoms with Gasteiger partial charge >= 0.3 is 6.09 Å². The van der Waals surface area contributed by atoms with Crippen LogP contribution in [0.15, 0.2) is 61.1 Å². The number of hydrogen-bond acceptors (Lipinski definition) is 4. The Morgan fingerprint density at radius 2 is 1.94 bits per heavy atom. The smallest absolute Gasteiger partial charge is 0.404 e. The molecule has 162 valence electrons. The van der Waals surface area contributed by atoms with Crippen molar-refractivity contribution in [3.63, 3.8) is 0 Å². The molecule has 0 radical (unpaired) electrons. The van der Waals surface area contributed by atoms with Crippen LogP contribution in [0.4, 0.5) is 14.9 Å². The highest BCUT2D eigenvalue weighted by Gasteiger charge is 2.21. The molecule has 32 heavy (non-hydrogen) atoms. The average molecular weight is 431 g/mol. The van der Waals surface area contributed by atoms with Crippen LogP contribution in [-0.2, 0) is 0 Å². The number of carboxylic acid groups (broad SMARTS) is 1. The Morgan fingerprint density at radius 1 is 1.12 bits per heavy atom. The number of aromatic amines is 1. The molecule has 1 aliphatic rings. The van der Waals surface area contributed by atoms with E-state index >= 15 is 0 Å². The van der Waals surface area contributed by atoms with Gasteiger partial charge in [0, 0.05) is 48.2 Å². The standard InChI is InChI=1S/C24H22FN5O2/c25-20-4-2-1-3-18(20)21-5-6-22-23(29-21)19(14-27-22)15-11-17(13-26-12-15)30-9-7-16(8-10-30)28-24(31)32/h1-6,11-14,16,27-28H,7-10H2,(H,31,32). The third kappa shape index (κ3) is 3.87. The lowest BCUT2D eigenvalue weighted by molar-refractivity contribution is 0.187. The molecule has 0 unspecified atom stereocenters. The molecule has 4 aromatic rings. The number of nitrogens with one attached hydrogen (secondary N) is 2. The topological polar surface area (TPSA) is 94.1 Å². The predicted molar refractivity (Wildman–Crippen MR) is 121 cm³/mol. The highest BCUT2D eigenvalue weighted by molar-refractivity contribution is 5.94. The highest BCUT2D eigenvalue weighted by atomic mass is 19.1. The fraction of sp³-hybridized carbons (Fsp3) is 0.208. The second-order valence-electron chi connectivity index (χ2n) is 7.92. The summed E-state index contributed by atoms with van der Waals surface area (Å²) >= 11 is 0. The molecule has 1 saturated heterocycles. The van der Waals surface area contributed by atoms with Gasteiger partial charge < -0.3 is 20.3 Å². The third-order valence-corrected chi connectivity index (χ3v) is 5.89. The second kappa shape index (κ2) is 8.30. The highest BCUT2D eigenvalue weighted by Crippen LogP contribution is 2.32. The van der Waals surface area contributed by atoms with Crippen molar-refractivity contribution >= 4 is 22.8 Å². The number of hydrogen-bond donors (Lipinski definition) is 3. The average Bonchev–Trinajstić information content (AvgIpc) is 3.23. The molecule has 3 N–H and O–H groups in total. The minimum atomic E-state index is -0.978. The van der Waals surface area contributed by atoms with Gasteiger partial charge in [-0.2, -0.15) is 0 Å². The molecule has 8 heteroatoms. The molecule has 1 aromatic carbocycles. The minimum absolute atomic E-state index is 0.0190. The summed E-state index contributed by atoms with van der Waals surface area (Å²) in [4.78, 5) is 25.5. The monoisotopic (exact) mass is 431 g/mol. The van der Waals surface area contributed by atoms with E-state index in [0.717, 1.165) is 53.8 Å². The van der Waals surface area contributed by atoms with E-state index in [1.54, 1.807) is 24.4 Å². The zero-order chi connectivity index (χ0) is 22.1. The Balaban J connectivity index is 1.44. The molecule has 1 aliphatic heterocycles. The molecule has 0 aliphatic carbocycles. The number of pyridine rings is 2. The van der Waals surface area contributed by atoms with E-state index in [0.29, 0.717) is 11.3 Å². The van der Waals surface area contributed by atoms with Gasteiger partial charge in [0.05, 0.1) is 28.6 Å². The van der Waals surface area contributed by atoms with Crippen LogP contribution in [0.1, 0.15) is 12.8 Å². The zero-order valence-electron chi connectivity index (χ0n) is 17.3. The number of carbonyl (C=O) groups is 1. The van der Waals surface area contributed by atoms with Crippen LogP contribution in [0.25, 0.3) is 33.4 Å². The van der Waals surface area contributed by atoms with Crippen LogP contribution in [0, 0.1) is 5.82 Å². The van der Waals surface area contributed by atoms with Crippen LogP contribution in [0.3, 0.4) is 0 Å². The van der Waals surface area contributed by atoms with Crippen LogP contribution in [0.5, 0.6) is 0 Å². The normalized spacial score (nSPS) is 14.6. The lowest BCUT2D eigenvalue weighted by atomic mass is 10.0. The lowest BCUT2D eigenvalue weighted by Crippen LogP contribution is -2.44. The van der Waals surface area contributed by atoms with E-state index in [2.05, 4.69) is 26.3 Å². The van der Waals surface area contributed by atoms with Crippen molar-refractivity contribution in [1.82, 2.24) is 20.3 Å². The number of aromatic nitrogens is 3. The SMILES string of the molecule is O=C(O)NC1CCN(c2cncc(-c3c[nH]c4ccc(-c5ccccc5F)nc34)c2)CC1. The summed E-state index contributed by atoms with van der Waals surface area (Å²) in [5.41, 5.74) is 5.46. The lowest BCUT2D eigenvalue weighted by Gasteiger charge is -2.33. The van der Waals surface area contributed by atoms with Gasteiger partial charge in [0.1, 0.15) is 5.82 Å². The van der Waals surface area contributed by atoms with E-state index in [1.807, 2.05) is 24.5 Å². The number of fused-ring (bicyclic) bond motifs is 1. The van der Waals surface area contributed by atoms with Gasteiger partial charge in [-0.3, -0.25) is 4.98 Å². The summed E-state index contributed by atoms with van der Waals surface area (Å²) in [5, 5.41) is 11.5. The van der Waals surface area contributed by atoms with E-state index in [4.69, 9.17) is 10.1 Å². The Morgan fingerprint density at radius 3 is 2.72 bits per heavy atom.